The molecule has 2 aromatic rings. The molecule has 2 aromatic carbocycles. The molecule has 140 valence electrons. The highest BCUT2D eigenvalue weighted by Gasteiger charge is 2.46. The topological polar surface area (TPSA) is 72.5 Å². The standard InChI is InChI=1S/C14H7F3I3NO4S/c15-14(16,17)26(23,24)21-8-1-3-9(4-2-8)25-13(22)10-5-7(18)6-11(19)12(10)20/h1-6,21H. The van der Waals surface area contributed by atoms with Crippen LogP contribution in [0, 0.1) is 10.7 Å². The zero-order valence-corrected chi connectivity index (χ0v) is 19.6. The maximum Gasteiger partial charge on any atom is 0.516 e. The first-order chi connectivity index (χ1) is 11.9. The number of hydrogen-bond donors (Lipinski definition) is 1. The van der Waals surface area contributed by atoms with E-state index in [0.717, 1.165) is 19.3 Å². The molecule has 0 aromatic heterocycles. The second kappa shape index (κ2) is 8.34. The van der Waals surface area contributed by atoms with Gasteiger partial charge in [0.25, 0.3) is 0 Å². The number of nitrogens with one attached hydrogen (secondary N) is 1. The van der Waals surface area contributed by atoms with Gasteiger partial charge in [-0.2, -0.15) is 21.6 Å². The van der Waals surface area contributed by atoms with Crippen LogP contribution in [0.1, 0.15) is 10.4 Å². The molecule has 5 nitrogen and oxygen atoms in total. The molecule has 0 saturated heterocycles. The van der Waals surface area contributed by atoms with E-state index >= 15 is 0 Å². The Labute approximate surface area is 187 Å². The van der Waals surface area contributed by atoms with Crippen LogP contribution in [0.15, 0.2) is 36.4 Å². The number of sulfonamides is 1. The van der Waals surface area contributed by atoms with Crippen molar-refractivity contribution in [2.24, 2.45) is 0 Å². The smallest absolute Gasteiger partial charge is 0.423 e. The van der Waals surface area contributed by atoms with E-state index in [1.165, 1.54) is 16.9 Å². The zero-order chi connectivity index (χ0) is 19.7. The number of rotatable bonds is 4. The third-order valence-corrected chi connectivity index (χ3v) is 7.62. The van der Waals surface area contributed by atoms with Crippen LogP contribution in [-0.4, -0.2) is 19.9 Å². The molecule has 0 heterocycles. The third kappa shape index (κ3) is 5.34. The average Bonchev–Trinajstić information content (AvgIpc) is 2.51. The van der Waals surface area contributed by atoms with Gasteiger partial charge in [0.2, 0.25) is 0 Å². The van der Waals surface area contributed by atoms with Crippen molar-refractivity contribution in [2.75, 3.05) is 4.72 Å². The molecule has 0 unspecified atom stereocenters. The number of anilines is 1. The van der Waals surface area contributed by atoms with Crippen LogP contribution >= 0.6 is 67.8 Å². The molecule has 2 rings (SSSR count). The first kappa shape index (κ1) is 21.9. The first-order valence-electron chi connectivity index (χ1n) is 6.46. The van der Waals surface area contributed by atoms with Gasteiger partial charge in [0, 0.05) is 16.4 Å². The summed E-state index contributed by atoms with van der Waals surface area (Å²) in [5.74, 6) is -0.566. The van der Waals surface area contributed by atoms with Gasteiger partial charge in [-0.3, -0.25) is 4.72 Å². The van der Waals surface area contributed by atoms with Crippen molar-refractivity contribution >= 4 is 89.5 Å². The lowest BCUT2D eigenvalue weighted by molar-refractivity contribution is -0.0429. The number of benzene rings is 2. The Kier molecular flexibility index (Phi) is 7.03. The summed E-state index contributed by atoms with van der Waals surface area (Å²) in [6, 6.07) is 8.06. The van der Waals surface area contributed by atoms with Gasteiger partial charge in [-0.1, -0.05) is 0 Å². The molecule has 0 atom stereocenters. The van der Waals surface area contributed by atoms with Crippen LogP contribution < -0.4 is 9.46 Å². The molecule has 0 aliphatic heterocycles. The monoisotopic (exact) mass is 723 g/mol. The van der Waals surface area contributed by atoms with Crippen LogP contribution in [0.3, 0.4) is 0 Å². The van der Waals surface area contributed by atoms with E-state index < -0.39 is 21.5 Å². The van der Waals surface area contributed by atoms with Crippen molar-refractivity contribution in [1.29, 1.82) is 0 Å². The summed E-state index contributed by atoms with van der Waals surface area (Å²) in [5, 5.41) is 0. The minimum Gasteiger partial charge on any atom is -0.423 e. The van der Waals surface area contributed by atoms with Gasteiger partial charge in [-0.15, -0.1) is 0 Å². The van der Waals surface area contributed by atoms with Crippen molar-refractivity contribution < 1.29 is 31.1 Å². The van der Waals surface area contributed by atoms with Gasteiger partial charge in [-0.05, 0) is 104 Å². The number of carbonyl (C=O) groups excluding carboxylic acids is 1. The zero-order valence-electron chi connectivity index (χ0n) is 12.3. The molecule has 0 amide bonds. The number of esters is 1. The summed E-state index contributed by atoms with van der Waals surface area (Å²) in [6.07, 6.45) is 0. The molecule has 0 spiro atoms. The Bertz CT molecular complexity index is 947. The van der Waals surface area contributed by atoms with Crippen LogP contribution in [-0.2, 0) is 10.0 Å². The largest absolute Gasteiger partial charge is 0.516 e. The van der Waals surface area contributed by atoms with Crippen molar-refractivity contribution in [2.45, 2.75) is 5.51 Å². The lowest BCUT2D eigenvalue weighted by atomic mass is 10.2. The minimum atomic E-state index is -5.51. The van der Waals surface area contributed by atoms with Crippen LogP contribution in [0.25, 0.3) is 0 Å². The molecule has 0 bridgehead atoms. The molecule has 0 radical (unpaired) electrons. The van der Waals surface area contributed by atoms with Gasteiger partial charge in [0.1, 0.15) is 5.75 Å². The van der Waals surface area contributed by atoms with E-state index in [1.807, 2.05) is 28.7 Å². The Morgan fingerprint density at radius 1 is 1.04 bits per heavy atom. The quantitative estimate of drug-likeness (QED) is 0.209. The highest BCUT2D eigenvalue weighted by Crippen LogP contribution is 2.27. The van der Waals surface area contributed by atoms with Gasteiger partial charge < -0.3 is 4.74 Å². The Hall–Kier alpha value is -0.360. The van der Waals surface area contributed by atoms with Gasteiger partial charge in [0.15, 0.2) is 0 Å². The summed E-state index contributed by atoms with van der Waals surface area (Å²) in [5.41, 5.74) is -5.37. The summed E-state index contributed by atoms with van der Waals surface area (Å²) >= 11 is 6.16. The highest BCUT2D eigenvalue weighted by atomic mass is 127. The van der Waals surface area contributed by atoms with Crippen LogP contribution in [0.2, 0.25) is 0 Å². The van der Waals surface area contributed by atoms with Gasteiger partial charge >= 0.3 is 21.5 Å². The number of hydrogen-bond acceptors (Lipinski definition) is 4. The third-order valence-electron chi connectivity index (χ3n) is 2.83. The second-order valence-electron chi connectivity index (χ2n) is 4.71. The van der Waals surface area contributed by atoms with Crippen molar-refractivity contribution in [3.8, 4) is 5.75 Å². The molecule has 0 aliphatic rings. The first-order valence-corrected chi connectivity index (χ1v) is 11.2. The Balaban J connectivity index is 2.16. The Morgan fingerprint density at radius 2 is 1.62 bits per heavy atom. The van der Waals surface area contributed by atoms with Crippen molar-refractivity contribution in [1.82, 2.24) is 0 Å². The summed E-state index contributed by atoms with van der Waals surface area (Å²) < 4.78 is 68.1. The predicted octanol–water partition coefficient (Wildman–Crippen LogP) is 4.98. The lowest BCUT2D eigenvalue weighted by Gasteiger charge is -2.11. The predicted molar refractivity (Wildman–Crippen MR) is 115 cm³/mol. The molecule has 1 N–H and O–H groups in total. The normalized spacial score (nSPS) is 11.9. The summed E-state index contributed by atoms with van der Waals surface area (Å²) in [6.45, 7) is 0. The highest BCUT2D eigenvalue weighted by molar-refractivity contribution is 14.1. The maximum absolute atomic E-state index is 12.3. The molecule has 0 fully saturated rings. The SMILES string of the molecule is O=C(Oc1ccc(NS(=O)(=O)C(F)(F)F)cc1)c1cc(I)cc(I)c1I. The van der Waals surface area contributed by atoms with Crippen molar-refractivity contribution in [3.63, 3.8) is 0 Å². The summed E-state index contributed by atoms with van der Waals surface area (Å²) in [7, 11) is -5.51. The van der Waals surface area contributed by atoms with Crippen LogP contribution in [0.4, 0.5) is 18.9 Å². The number of alkyl halides is 3. The van der Waals surface area contributed by atoms with Gasteiger partial charge in [0.05, 0.1) is 5.56 Å². The average molecular weight is 723 g/mol. The minimum absolute atomic E-state index is 0.0645. The van der Waals surface area contributed by atoms with E-state index in [9.17, 15) is 26.4 Å². The number of ether oxygens (including phenoxy) is 1. The van der Waals surface area contributed by atoms with Crippen LogP contribution in [0.5, 0.6) is 5.75 Å². The lowest BCUT2D eigenvalue weighted by Crippen LogP contribution is -2.29. The van der Waals surface area contributed by atoms with E-state index in [1.54, 1.807) is 6.07 Å². The fourth-order valence-corrected chi connectivity index (χ4v) is 4.61. The number of carbonyl (C=O) groups is 1. The number of halogens is 6. The van der Waals surface area contributed by atoms with Crippen molar-refractivity contribution in [3.05, 3.63) is 52.7 Å². The molecule has 0 aliphatic carbocycles. The second-order valence-corrected chi connectivity index (χ2v) is 9.87. The molecular formula is C14H7F3I3NO4S. The maximum atomic E-state index is 12.3. The van der Waals surface area contributed by atoms with E-state index in [0.29, 0.717) is 9.13 Å². The fraction of sp³-hybridized carbons (Fsp3) is 0.0714. The van der Waals surface area contributed by atoms with E-state index in [2.05, 4.69) is 45.2 Å². The van der Waals surface area contributed by atoms with E-state index in [-0.39, 0.29) is 11.4 Å². The molecular weight excluding hydrogens is 716 g/mol. The summed E-state index contributed by atoms with van der Waals surface area (Å²) in [4.78, 5) is 12.3. The Morgan fingerprint density at radius 3 is 2.15 bits per heavy atom. The molecule has 0 saturated carbocycles. The van der Waals surface area contributed by atoms with Gasteiger partial charge in [-0.25, -0.2) is 4.79 Å². The van der Waals surface area contributed by atoms with E-state index in [4.69, 9.17) is 4.74 Å². The fourth-order valence-electron chi connectivity index (χ4n) is 1.67. The molecule has 26 heavy (non-hydrogen) atoms. The molecule has 12 heteroatoms.